The van der Waals surface area contributed by atoms with Crippen molar-refractivity contribution < 1.29 is 19.0 Å². The highest BCUT2D eigenvalue weighted by Gasteiger charge is 2.63. The minimum Gasteiger partial charge on any atom is -0.505 e. The first-order valence-electron chi connectivity index (χ1n) is 12.5. The summed E-state index contributed by atoms with van der Waals surface area (Å²) in [5.74, 6) is -0.350. The Labute approximate surface area is 211 Å². The summed E-state index contributed by atoms with van der Waals surface area (Å²) < 4.78 is 19.7. The van der Waals surface area contributed by atoms with Gasteiger partial charge in [0.25, 0.3) is 0 Å². The number of halogens is 1. The number of hydrogen-bond acceptors (Lipinski definition) is 6. The molecule has 3 unspecified atom stereocenters. The van der Waals surface area contributed by atoms with E-state index in [4.69, 9.17) is 9.72 Å². The predicted octanol–water partition coefficient (Wildman–Crippen LogP) is 3.09. The number of phenolic OH excluding ortho intramolecular Hbond substituents is 1. The van der Waals surface area contributed by atoms with Gasteiger partial charge in [0, 0.05) is 18.5 Å². The largest absolute Gasteiger partial charge is 0.505 e. The number of hydrogen-bond donors (Lipinski definition) is 4. The van der Waals surface area contributed by atoms with Gasteiger partial charge in [0.15, 0.2) is 17.4 Å². The van der Waals surface area contributed by atoms with Gasteiger partial charge in [-0.1, -0.05) is 13.0 Å². The van der Waals surface area contributed by atoms with Crippen molar-refractivity contribution >= 4 is 16.9 Å². The first kappa shape index (κ1) is 22.3. The minimum absolute atomic E-state index is 0.132. The fourth-order valence-electron chi connectivity index (χ4n) is 5.11. The average Bonchev–Trinajstić information content (AvgIpc) is 3.62. The number of ether oxygens (including phenoxy) is 1. The van der Waals surface area contributed by atoms with Crippen LogP contribution in [0.4, 0.5) is 9.18 Å². The van der Waals surface area contributed by atoms with Crippen LogP contribution in [0.15, 0.2) is 30.3 Å². The van der Waals surface area contributed by atoms with Crippen molar-refractivity contribution in [1.82, 2.24) is 35.3 Å². The predicted molar refractivity (Wildman–Crippen MR) is 133 cm³/mol. The highest BCUT2D eigenvalue weighted by atomic mass is 19.1. The van der Waals surface area contributed by atoms with E-state index >= 15 is 0 Å². The Morgan fingerprint density at radius 1 is 1.30 bits per heavy atom. The van der Waals surface area contributed by atoms with E-state index in [9.17, 15) is 14.3 Å². The Kier molecular flexibility index (Phi) is 4.98. The molecule has 7 rings (SSSR count). The van der Waals surface area contributed by atoms with Gasteiger partial charge in [-0.25, -0.2) is 14.2 Å². The van der Waals surface area contributed by atoms with Crippen LogP contribution in [-0.2, 0) is 24.2 Å². The number of nitrogens with zero attached hydrogens (tertiary/aromatic N) is 4. The van der Waals surface area contributed by atoms with Crippen LogP contribution in [-0.4, -0.2) is 73.1 Å². The summed E-state index contributed by atoms with van der Waals surface area (Å²) in [6.07, 6.45) is 0.941. The first-order valence-corrected chi connectivity index (χ1v) is 12.5. The summed E-state index contributed by atoms with van der Waals surface area (Å²) in [4.78, 5) is 24.5. The smallest absolute Gasteiger partial charge is 0.318 e. The van der Waals surface area contributed by atoms with E-state index in [1.807, 2.05) is 25.1 Å². The number of fused-ring (bicyclic) bond motifs is 3. The molecule has 4 aromatic rings. The van der Waals surface area contributed by atoms with E-state index in [1.165, 1.54) is 12.1 Å². The molecule has 5 heterocycles. The third-order valence-corrected chi connectivity index (χ3v) is 7.42. The molecule has 10 nitrogen and oxygen atoms in total. The molecule has 190 valence electrons. The zero-order valence-corrected chi connectivity index (χ0v) is 20.2. The van der Waals surface area contributed by atoms with Crippen molar-refractivity contribution in [2.24, 2.45) is 0 Å². The van der Waals surface area contributed by atoms with Crippen LogP contribution in [0.1, 0.15) is 23.9 Å². The maximum atomic E-state index is 14.1. The summed E-state index contributed by atoms with van der Waals surface area (Å²) in [7, 11) is 0. The number of aromatic hydroxyl groups is 1. The van der Waals surface area contributed by atoms with Gasteiger partial charge in [-0.05, 0) is 47.4 Å². The normalized spacial score (nSPS) is 21.2. The Balaban J connectivity index is 1.05. The second-order valence-electron chi connectivity index (χ2n) is 9.77. The van der Waals surface area contributed by atoms with Gasteiger partial charge in [-0.3, -0.25) is 10.00 Å². The second kappa shape index (κ2) is 8.29. The Bertz CT molecular complexity index is 1520. The molecule has 0 saturated carbocycles. The van der Waals surface area contributed by atoms with Gasteiger partial charge in [-0.15, -0.1) is 0 Å². The number of aromatic nitrogens is 4. The number of phenols is 1. The lowest BCUT2D eigenvalue weighted by Gasteiger charge is -2.16. The quantitative estimate of drug-likeness (QED) is 0.227. The highest BCUT2D eigenvalue weighted by molar-refractivity contribution is 5.94. The SMILES string of the molecule is CCc1cc(O)c(F)cc1-c1ccc2c(-c3nc4c([nH]3)CN(C(=O)NCCOC3C5CN53)C4)n[nH]c2c1. The summed E-state index contributed by atoms with van der Waals surface area (Å²) >= 11 is 0. The molecule has 11 heteroatoms. The standard InChI is InChI=1S/C26H26FN7O3/c1-2-13-8-22(35)17(27)9-16(13)14-3-4-15-18(7-14)31-32-23(15)24-29-19-10-33(11-20(19)30-24)26(36)28-5-6-37-25-21-12-34(21)25/h3-4,7-9,21,25,35H,2,5-6,10-12H2,1H3,(H,28,36)(H,29,30)(H,31,32). The molecule has 2 aromatic carbocycles. The van der Waals surface area contributed by atoms with E-state index < -0.39 is 5.82 Å². The zero-order valence-electron chi connectivity index (χ0n) is 20.2. The third-order valence-electron chi connectivity index (χ3n) is 7.42. The van der Waals surface area contributed by atoms with Crippen molar-refractivity contribution in [1.29, 1.82) is 0 Å². The van der Waals surface area contributed by atoms with Crippen LogP contribution in [0.25, 0.3) is 33.5 Å². The van der Waals surface area contributed by atoms with Crippen molar-refractivity contribution in [3.63, 3.8) is 0 Å². The maximum Gasteiger partial charge on any atom is 0.318 e. The molecule has 3 aliphatic heterocycles. The van der Waals surface area contributed by atoms with Crippen LogP contribution in [0.2, 0.25) is 0 Å². The van der Waals surface area contributed by atoms with Gasteiger partial charge in [-0.2, -0.15) is 5.10 Å². The van der Waals surface area contributed by atoms with E-state index in [0.29, 0.717) is 50.2 Å². The monoisotopic (exact) mass is 503 g/mol. The average molecular weight is 504 g/mol. The number of aromatic amines is 2. The van der Waals surface area contributed by atoms with Crippen LogP contribution in [0.3, 0.4) is 0 Å². The Hall–Kier alpha value is -3.96. The van der Waals surface area contributed by atoms with Crippen LogP contribution in [0, 0.1) is 5.82 Å². The van der Waals surface area contributed by atoms with E-state index in [1.54, 1.807) is 4.90 Å². The Morgan fingerprint density at radius 3 is 2.92 bits per heavy atom. The number of benzene rings is 2. The molecular formula is C26H26FN7O3. The molecule has 4 N–H and O–H groups in total. The highest BCUT2D eigenvalue weighted by Crippen LogP contribution is 2.43. The lowest BCUT2D eigenvalue weighted by molar-refractivity contribution is 0.0725. The fraction of sp³-hybridized carbons (Fsp3) is 0.346. The van der Waals surface area contributed by atoms with Crippen LogP contribution < -0.4 is 5.32 Å². The molecule has 2 aromatic heterocycles. The molecule has 37 heavy (non-hydrogen) atoms. The van der Waals surface area contributed by atoms with E-state index in [2.05, 4.69) is 25.4 Å². The summed E-state index contributed by atoms with van der Waals surface area (Å²) in [5, 5.41) is 21.1. The number of rotatable bonds is 7. The number of urea groups is 1. The molecule has 0 bridgehead atoms. The van der Waals surface area contributed by atoms with Crippen LogP contribution in [0.5, 0.6) is 5.75 Å². The lowest BCUT2D eigenvalue weighted by atomic mass is 9.96. The van der Waals surface area contributed by atoms with E-state index in [-0.39, 0.29) is 18.0 Å². The van der Waals surface area contributed by atoms with Crippen LogP contribution >= 0.6 is 0 Å². The molecular weight excluding hydrogens is 477 g/mol. The molecule has 3 aliphatic rings. The number of amides is 2. The lowest BCUT2D eigenvalue weighted by Crippen LogP contribution is -2.38. The molecule has 2 saturated heterocycles. The molecule has 3 atom stereocenters. The number of imidazole rings is 1. The van der Waals surface area contributed by atoms with Gasteiger partial charge >= 0.3 is 6.03 Å². The van der Waals surface area contributed by atoms with Crippen molar-refractivity contribution in [2.75, 3.05) is 19.7 Å². The molecule has 0 radical (unpaired) electrons. The fourth-order valence-corrected chi connectivity index (χ4v) is 5.11. The topological polar surface area (TPSA) is 122 Å². The number of carbonyl (C=O) groups excluding carboxylic acids is 1. The zero-order chi connectivity index (χ0) is 25.3. The molecule has 0 spiro atoms. The second-order valence-corrected chi connectivity index (χ2v) is 9.77. The molecule has 0 aliphatic carbocycles. The summed E-state index contributed by atoms with van der Waals surface area (Å²) in [6, 6.07) is 9.12. The van der Waals surface area contributed by atoms with Crippen molar-refractivity contribution in [2.45, 2.75) is 38.7 Å². The van der Waals surface area contributed by atoms with Crippen molar-refractivity contribution in [3.05, 3.63) is 53.1 Å². The third kappa shape index (κ3) is 3.82. The Morgan fingerprint density at radius 2 is 2.16 bits per heavy atom. The maximum absolute atomic E-state index is 14.1. The minimum atomic E-state index is -0.647. The van der Waals surface area contributed by atoms with Gasteiger partial charge in [0.1, 0.15) is 11.9 Å². The summed E-state index contributed by atoms with van der Waals surface area (Å²) in [5.41, 5.74) is 5.63. The first-order chi connectivity index (χ1) is 18.0. The van der Waals surface area contributed by atoms with Gasteiger partial charge in [0.2, 0.25) is 0 Å². The number of carbonyl (C=O) groups is 1. The van der Waals surface area contributed by atoms with Gasteiger partial charge < -0.3 is 25.0 Å². The number of aryl methyl sites for hydroxylation is 1. The summed E-state index contributed by atoms with van der Waals surface area (Å²) in [6.45, 7) is 4.99. The number of H-pyrrole nitrogens is 2. The van der Waals surface area contributed by atoms with Crippen molar-refractivity contribution in [3.8, 4) is 28.4 Å². The molecule has 2 amide bonds. The number of nitrogens with one attached hydrogen (secondary N) is 3. The molecule has 2 fully saturated rings. The van der Waals surface area contributed by atoms with E-state index in [0.717, 1.165) is 45.5 Å². The van der Waals surface area contributed by atoms with Gasteiger partial charge in [0.05, 0.1) is 42.6 Å².